The van der Waals surface area contributed by atoms with Crippen molar-refractivity contribution >= 4 is 27.3 Å². The number of carbonyl (C=O) groups is 1. The molecule has 0 heterocycles. The Labute approximate surface area is 166 Å². The molecule has 0 saturated heterocycles. The maximum atomic E-state index is 13.3. The zero-order chi connectivity index (χ0) is 21.2. The Hall–Kier alpha value is -2.59. The van der Waals surface area contributed by atoms with E-state index in [2.05, 4.69) is 15.4 Å². The van der Waals surface area contributed by atoms with Gasteiger partial charge in [0, 0.05) is 36.5 Å². The molecule has 1 aliphatic carbocycles. The molecule has 0 unspecified atom stereocenters. The van der Waals surface area contributed by atoms with Gasteiger partial charge >= 0.3 is 0 Å². The molecule has 156 valence electrons. The topological polar surface area (TPSA) is 87.3 Å². The second-order valence-corrected chi connectivity index (χ2v) is 8.45. The fourth-order valence-electron chi connectivity index (χ4n) is 3.25. The van der Waals surface area contributed by atoms with Crippen LogP contribution in [0, 0.1) is 17.5 Å². The van der Waals surface area contributed by atoms with E-state index in [4.69, 9.17) is 0 Å². The van der Waals surface area contributed by atoms with Crippen molar-refractivity contribution in [3.63, 3.8) is 0 Å². The number of hydrogen-bond acceptors (Lipinski definition) is 4. The van der Waals surface area contributed by atoms with Crippen molar-refractivity contribution in [2.45, 2.75) is 36.6 Å². The molecule has 2 aromatic carbocycles. The molecule has 0 aromatic heterocycles. The fraction of sp³-hybridized carbons (Fsp3) is 0.316. The standard InChI is InChI=1S/C19H20F3N3O3S/c1-23-16-7-6-11(8-17(16)29(27,28)25-12-4-2-3-5-12)19(26)24-13-9-14(20)18(22)15(21)10-13/h6-10,12,23,25H,2-5H2,1H3,(H,24,26). The lowest BCUT2D eigenvalue weighted by Crippen LogP contribution is -2.33. The van der Waals surface area contributed by atoms with Crippen LogP contribution in [0.1, 0.15) is 36.0 Å². The van der Waals surface area contributed by atoms with E-state index in [0.717, 1.165) is 25.7 Å². The lowest BCUT2D eigenvalue weighted by molar-refractivity contribution is 0.102. The molecule has 10 heteroatoms. The number of carbonyl (C=O) groups excluding carboxylic acids is 1. The second-order valence-electron chi connectivity index (χ2n) is 6.77. The highest BCUT2D eigenvalue weighted by molar-refractivity contribution is 7.89. The summed E-state index contributed by atoms with van der Waals surface area (Å²) < 4.78 is 68.0. The van der Waals surface area contributed by atoms with Gasteiger partial charge in [-0.15, -0.1) is 0 Å². The molecular formula is C19H20F3N3O3S. The molecule has 0 bridgehead atoms. The first-order valence-electron chi connectivity index (χ1n) is 9.01. The molecule has 29 heavy (non-hydrogen) atoms. The third-order valence-corrected chi connectivity index (χ3v) is 6.28. The van der Waals surface area contributed by atoms with E-state index >= 15 is 0 Å². The van der Waals surface area contributed by atoms with E-state index < -0.39 is 33.4 Å². The zero-order valence-electron chi connectivity index (χ0n) is 15.6. The van der Waals surface area contributed by atoms with Crippen LogP contribution in [0.15, 0.2) is 35.2 Å². The Morgan fingerprint density at radius 1 is 1.03 bits per heavy atom. The van der Waals surface area contributed by atoms with Crippen LogP contribution in [0.25, 0.3) is 0 Å². The van der Waals surface area contributed by atoms with Gasteiger partial charge in [-0.25, -0.2) is 26.3 Å². The smallest absolute Gasteiger partial charge is 0.255 e. The van der Waals surface area contributed by atoms with Crippen LogP contribution >= 0.6 is 0 Å². The van der Waals surface area contributed by atoms with Crippen molar-refractivity contribution < 1.29 is 26.4 Å². The third-order valence-electron chi connectivity index (χ3n) is 4.72. The Bertz CT molecular complexity index is 1020. The molecule has 6 nitrogen and oxygen atoms in total. The van der Waals surface area contributed by atoms with E-state index in [1.165, 1.54) is 18.2 Å². The first-order chi connectivity index (χ1) is 13.7. The molecule has 0 aliphatic heterocycles. The highest BCUT2D eigenvalue weighted by Crippen LogP contribution is 2.26. The number of sulfonamides is 1. The zero-order valence-corrected chi connectivity index (χ0v) is 16.4. The van der Waals surface area contributed by atoms with Gasteiger partial charge in [0.1, 0.15) is 4.90 Å². The van der Waals surface area contributed by atoms with Crippen LogP contribution in [0.3, 0.4) is 0 Å². The summed E-state index contributed by atoms with van der Waals surface area (Å²) in [5.41, 5.74) is -0.0376. The molecule has 1 fully saturated rings. The SMILES string of the molecule is CNc1ccc(C(=O)Nc2cc(F)c(F)c(F)c2)cc1S(=O)(=O)NC1CCCC1. The predicted molar refractivity (Wildman–Crippen MR) is 103 cm³/mol. The van der Waals surface area contributed by atoms with Crippen molar-refractivity contribution in [2.24, 2.45) is 0 Å². The Balaban J connectivity index is 1.88. The second kappa shape index (κ2) is 8.42. The number of halogens is 3. The molecule has 0 atom stereocenters. The quantitative estimate of drug-likeness (QED) is 0.615. The Morgan fingerprint density at radius 3 is 2.24 bits per heavy atom. The van der Waals surface area contributed by atoms with E-state index in [1.807, 2.05) is 0 Å². The number of anilines is 2. The van der Waals surface area contributed by atoms with Crippen molar-refractivity contribution in [2.75, 3.05) is 17.7 Å². The van der Waals surface area contributed by atoms with Crippen molar-refractivity contribution in [3.8, 4) is 0 Å². The van der Waals surface area contributed by atoms with Crippen LogP contribution in [0.4, 0.5) is 24.5 Å². The van der Waals surface area contributed by atoms with Gasteiger partial charge in [0.2, 0.25) is 10.0 Å². The summed E-state index contributed by atoms with van der Waals surface area (Å²) >= 11 is 0. The van der Waals surface area contributed by atoms with Gasteiger partial charge in [-0.2, -0.15) is 0 Å². The number of benzene rings is 2. The van der Waals surface area contributed by atoms with Crippen LogP contribution < -0.4 is 15.4 Å². The maximum absolute atomic E-state index is 13.3. The molecular weight excluding hydrogens is 407 g/mol. The van der Waals surface area contributed by atoms with Crippen molar-refractivity contribution in [1.29, 1.82) is 0 Å². The van der Waals surface area contributed by atoms with Crippen molar-refractivity contribution in [1.82, 2.24) is 4.72 Å². The van der Waals surface area contributed by atoms with E-state index in [9.17, 15) is 26.4 Å². The summed E-state index contributed by atoms with van der Waals surface area (Å²) in [7, 11) is -2.35. The Morgan fingerprint density at radius 2 is 1.66 bits per heavy atom. The lowest BCUT2D eigenvalue weighted by Gasteiger charge is -2.16. The number of amides is 1. The molecule has 3 rings (SSSR count). The molecule has 1 saturated carbocycles. The van der Waals surface area contributed by atoms with Crippen LogP contribution in [-0.2, 0) is 10.0 Å². The van der Waals surface area contributed by atoms with Gasteiger partial charge in [-0.3, -0.25) is 4.79 Å². The maximum Gasteiger partial charge on any atom is 0.255 e. The average molecular weight is 427 g/mol. The van der Waals surface area contributed by atoms with Crippen LogP contribution in [0.2, 0.25) is 0 Å². The van der Waals surface area contributed by atoms with E-state index in [0.29, 0.717) is 17.8 Å². The summed E-state index contributed by atoms with van der Waals surface area (Å²) in [6.07, 6.45) is 3.38. The first kappa shape index (κ1) is 21.1. The Kier molecular flexibility index (Phi) is 6.13. The fourth-order valence-corrected chi connectivity index (χ4v) is 4.79. The lowest BCUT2D eigenvalue weighted by atomic mass is 10.2. The number of rotatable bonds is 6. The summed E-state index contributed by atoms with van der Waals surface area (Å²) in [6.45, 7) is 0. The first-order valence-corrected chi connectivity index (χ1v) is 10.5. The van der Waals surface area contributed by atoms with E-state index in [1.54, 1.807) is 7.05 Å². The highest BCUT2D eigenvalue weighted by Gasteiger charge is 2.26. The van der Waals surface area contributed by atoms with Gasteiger partial charge < -0.3 is 10.6 Å². The third kappa shape index (κ3) is 4.70. The monoisotopic (exact) mass is 427 g/mol. The van der Waals surface area contributed by atoms with Gasteiger partial charge in [-0.05, 0) is 31.0 Å². The average Bonchev–Trinajstić information content (AvgIpc) is 3.17. The summed E-state index contributed by atoms with van der Waals surface area (Å²) in [5.74, 6) is -5.34. The van der Waals surface area contributed by atoms with Gasteiger partial charge in [-0.1, -0.05) is 12.8 Å². The molecule has 1 amide bonds. The molecule has 0 spiro atoms. The van der Waals surface area contributed by atoms with Gasteiger partial charge in [0.25, 0.3) is 5.91 Å². The molecule has 3 N–H and O–H groups in total. The summed E-state index contributed by atoms with van der Waals surface area (Å²) in [4.78, 5) is 12.3. The molecule has 2 aromatic rings. The predicted octanol–water partition coefficient (Wildman–Crippen LogP) is 3.62. The van der Waals surface area contributed by atoms with Crippen molar-refractivity contribution in [3.05, 3.63) is 53.3 Å². The van der Waals surface area contributed by atoms with E-state index in [-0.39, 0.29) is 22.2 Å². The number of hydrogen-bond donors (Lipinski definition) is 3. The minimum Gasteiger partial charge on any atom is -0.387 e. The number of nitrogens with one attached hydrogen (secondary N) is 3. The minimum absolute atomic E-state index is 0.0408. The summed E-state index contributed by atoms with van der Waals surface area (Å²) in [6, 6.07) is 5.08. The minimum atomic E-state index is -3.90. The van der Waals surface area contributed by atoms with Gasteiger partial charge in [0.15, 0.2) is 17.5 Å². The van der Waals surface area contributed by atoms with Gasteiger partial charge in [0.05, 0.1) is 5.69 Å². The molecule has 1 aliphatic rings. The van der Waals surface area contributed by atoms with Crippen LogP contribution in [-0.4, -0.2) is 27.4 Å². The largest absolute Gasteiger partial charge is 0.387 e. The summed E-state index contributed by atoms with van der Waals surface area (Å²) in [5, 5.41) is 5.01. The van der Waals surface area contributed by atoms with Crippen LogP contribution in [0.5, 0.6) is 0 Å². The highest BCUT2D eigenvalue weighted by atomic mass is 32.2. The normalized spacial score (nSPS) is 14.8. The molecule has 0 radical (unpaired) electrons.